The molecule has 1 amide bonds. The van der Waals surface area contributed by atoms with Crippen LogP contribution in [0.15, 0.2) is 0 Å². The van der Waals surface area contributed by atoms with Crippen molar-refractivity contribution < 1.29 is 30.0 Å². The van der Waals surface area contributed by atoms with E-state index in [2.05, 4.69) is 19.2 Å². The maximum absolute atomic E-state index is 12.9. The Balaban J connectivity index is 2.12. The van der Waals surface area contributed by atoms with E-state index in [1.165, 1.54) is 18.7 Å². The molecule has 0 aromatic carbocycles. The molecule has 158 valence electrons. The summed E-state index contributed by atoms with van der Waals surface area (Å²) in [6.45, 7) is 6.61. The third-order valence-electron chi connectivity index (χ3n) is 5.85. The van der Waals surface area contributed by atoms with Crippen molar-refractivity contribution in [2.24, 2.45) is 11.8 Å². The van der Waals surface area contributed by atoms with Crippen molar-refractivity contribution in [2.45, 2.75) is 75.2 Å². The minimum absolute atomic E-state index is 0.233. The average molecular weight is 407 g/mol. The molecule has 2 heterocycles. The molecule has 2 aliphatic rings. The summed E-state index contributed by atoms with van der Waals surface area (Å²) >= 11 is 1.19. The highest BCUT2D eigenvalue weighted by molar-refractivity contribution is 7.99. The monoisotopic (exact) mass is 406 g/mol. The Morgan fingerprint density at radius 1 is 1.19 bits per heavy atom. The van der Waals surface area contributed by atoms with Gasteiger partial charge in [-0.2, -0.15) is 0 Å². The molecule has 0 aromatic rings. The molecule has 0 aliphatic carbocycles. The van der Waals surface area contributed by atoms with E-state index in [-0.39, 0.29) is 11.9 Å². The molecule has 8 nitrogen and oxygen atoms in total. The van der Waals surface area contributed by atoms with Crippen molar-refractivity contribution in [2.75, 3.05) is 19.8 Å². The van der Waals surface area contributed by atoms with Gasteiger partial charge >= 0.3 is 0 Å². The molecule has 0 bridgehead atoms. The predicted molar refractivity (Wildman–Crippen MR) is 103 cm³/mol. The van der Waals surface area contributed by atoms with Gasteiger partial charge in [-0.3, -0.25) is 9.69 Å². The molecule has 9 heteroatoms. The first-order chi connectivity index (χ1) is 12.6. The van der Waals surface area contributed by atoms with Crippen molar-refractivity contribution in [3.05, 3.63) is 0 Å². The maximum atomic E-state index is 12.9. The number of hydrogen-bond acceptors (Lipinski definition) is 8. The molecule has 9 atom stereocenters. The number of carbonyl (C=O) groups excluding carboxylic acids is 1. The second kappa shape index (κ2) is 9.39. The molecule has 9 unspecified atom stereocenters. The normalized spacial score (nSPS) is 40.1. The van der Waals surface area contributed by atoms with E-state index in [4.69, 9.17) is 4.74 Å². The summed E-state index contributed by atoms with van der Waals surface area (Å²) in [5, 5.41) is 43.5. The third-order valence-corrected chi connectivity index (χ3v) is 6.70. The lowest BCUT2D eigenvalue weighted by Crippen LogP contribution is -2.65. The Hall–Kier alpha value is -0.420. The zero-order valence-electron chi connectivity index (χ0n) is 16.6. The van der Waals surface area contributed by atoms with Gasteiger partial charge in [0.25, 0.3) is 0 Å². The summed E-state index contributed by atoms with van der Waals surface area (Å²) in [4.78, 5) is 14.9. The van der Waals surface area contributed by atoms with E-state index < -0.39 is 42.0 Å². The van der Waals surface area contributed by atoms with E-state index in [1.807, 2.05) is 11.9 Å². The van der Waals surface area contributed by atoms with Crippen LogP contribution in [0.25, 0.3) is 0 Å². The van der Waals surface area contributed by atoms with Crippen LogP contribution in [0.2, 0.25) is 0 Å². The van der Waals surface area contributed by atoms with Crippen LogP contribution < -0.4 is 5.32 Å². The van der Waals surface area contributed by atoms with Gasteiger partial charge in [-0.1, -0.05) is 13.8 Å². The number of thioether (sulfide) groups is 1. The van der Waals surface area contributed by atoms with Crippen LogP contribution >= 0.6 is 11.8 Å². The molecule has 0 radical (unpaired) electrons. The zero-order chi connectivity index (χ0) is 20.5. The van der Waals surface area contributed by atoms with Gasteiger partial charge in [-0.05, 0) is 38.5 Å². The quantitative estimate of drug-likeness (QED) is 0.381. The second-order valence-electron chi connectivity index (χ2n) is 8.15. The Morgan fingerprint density at radius 3 is 2.30 bits per heavy atom. The van der Waals surface area contributed by atoms with Crippen LogP contribution in [0.1, 0.15) is 27.2 Å². The number of amides is 1. The lowest BCUT2D eigenvalue weighted by atomic mass is 9.91. The molecule has 0 spiro atoms. The van der Waals surface area contributed by atoms with Crippen molar-refractivity contribution >= 4 is 17.7 Å². The molecule has 27 heavy (non-hydrogen) atoms. The van der Waals surface area contributed by atoms with Crippen LogP contribution in [-0.4, -0.2) is 99.1 Å². The number of ether oxygens (including phenoxy) is 1. The molecule has 2 fully saturated rings. The number of hydrogen-bond donors (Lipinski definition) is 5. The highest BCUT2D eigenvalue weighted by Gasteiger charge is 2.48. The van der Waals surface area contributed by atoms with E-state index in [9.17, 15) is 25.2 Å². The molecule has 5 N–H and O–H groups in total. The van der Waals surface area contributed by atoms with Crippen molar-refractivity contribution in [3.63, 3.8) is 0 Å². The van der Waals surface area contributed by atoms with Crippen LogP contribution in [0.3, 0.4) is 0 Å². The number of likely N-dealkylation sites (N-methyl/N-ethyl adjacent to an activating group) is 1. The first-order valence-corrected chi connectivity index (χ1v) is 10.8. The van der Waals surface area contributed by atoms with Gasteiger partial charge in [0.15, 0.2) is 0 Å². The Morgan fingerprint density at radius 2 is 1.81 bits per heavy atom. The molecule has 0 aromatic heterocycles. The molecule has 0 saturated carbocycles. The van der Waals surface area contributed by atoms with Gasteiger partial charge in [0, 0.05) is 6.54 Å². The molecular formula is C18H34N2O6S. The topological polar surface area (TPSA) is 122 Å². The highest BCUT2D eigenvalue weighted by atomic mass is 32.2. The number of rotatable bonds is 6. The predicted octanol–water partition coefficient (Wildman–Crippen LogP) is -1.00. The van der Waals surface area contributed by atoms with Gasteiger partial charge in [-0.25, -0.2) is 0 Å². The Labute approximate surface area is 165 Å². The molecular weight excluding hydrogens is 372 g/mol. The van der Waals surface area contributed by atoms with Gasteiger partial charge in [0.05, 0.1) is 18.2 Å². The number of aliphatic hydroxyl groups excluding tert-OH is 4. The van der Waals surface area contributed by atoms with E-state index in [0.29, 0.717) is 11.8 Å². The minimum Gasteiger partial charge on any atom is -0.391 e. The van der Waals surface area contributed by atoms with Crippen molar-refractivity contribution in [1.29, 1.82) is 0 Å². The minimum atomic E-state index is -1.42. The van der Waals surface area contributed by atoms with Crippen LogP contribution in [0.5, 0.6) is 0 Å². The van der Waals surface area contributed by atoms with Crippen molar-refractivity contribution in [3.8, 4) is 0 Å². The summed E-state index contributed by atoms with van der Waals surface area (Å²) in [7, 11) is 1.90. The van der Waals surface area contributed by atoms with Crippen LogP contribution in [-0.2, 0) is 9.53 Å². The molecule has 2 saturated heterocycles. The van der Waals surface area contributed by atoms with E-state index >= 15 is 0 Å². The first kappa shape index (κ1) is 22.9. The number of nitrogens with zero attached hydrogens (tertiary/aromatic N) is 1. The van der Waals surface area contributed by atoms with Crippen LogP contribution in [0, 0.1) is 11.8 Å². The highest BCUT2D eigenvalue weighted by Crippen LogP contribution is 2.31. The number of carbonyl (C=O) groups is 1. The summed E-state index contributed by atoms with van der Waals surface area (Å²) in [5.41, 5.74) is -0.758. The Bertz CT molecular complexity index is 506. The van der Waals surface area contributed by atoms with Crippen molar-refractivity contribution in [1.82, 2.24) is 10.2 Å². The number of aliphatic hydroxyl groups is 4. The number of likely N-dealkylation sites (tertiary alicyclic amines) is 1. The van der Waals surface area contributed by atoms with E-state index in [0.717, 1.165) is 13.0 Å². The fourth-order valence-corrected chi connectivity index (χ4v) is 4.61. The second-order valence-corrected chi connectivity index (χ2v) is 9.08. The smallest absolute Gasteiger partial charge is 0.237 e. The van der Waals surface area contributed by atoms with Gasteiger partial charge in [0.1, 0.15) is 29.9 Å². The standard InChI is InChI=1S/C18H34N2O6S/c1-8(2)10-6-11(20(4)7-10)17(25)19-12(9(3)21)16-14(23)13(22)15(24)18(26-16)27-5/h8-16,18,21-24H,6-7H2,1-5H3,(H,19,25). The van der Waals surface area contributed by atoms with Gasteiger partial charge < -0.3 is 30.5 Å². The lowest BCUT2D eigenvalue weighted by Gasteiger charge is -2.44. The summed E-state index contributed by atoms with van der Waals surface area (Å²) in [6.07, 6.45) is -3.68. The van der Waals surface area contributed by atoms with Gasteiger partial charge in [0.2, 0.25) is 5.91 Å². The maximum Gasteiger partial charge on any atom is 0.237 e. The fourth-order valence-electron chi connectivity index (χ4n) is 3.93. The summed E-state index contributed by atoms with van der Waals surface area (Å²) in [5.74, 6) is 0.661. The number of nitrogens with one attached hydrogen (secondary N) is 1. The van der Waals surface area contributed by atoms with E-state index in [1.54, 1.807) is 6.26 Å². The summed E-state index contributed by atoms with van der Waals surface area (Å²) in [6, 6.07) is -1.22. The van der Waals surface area contributed by atoms with Gasteiger partial charge in [-0.15, -0.1) is 11.8 Å². The molecule has 2 rings (SSSR count). The largest absolute Gasteiger partial charge is 0.391 e. The average Bonchev–Trinajstić information content (AvgIpc) is 3.00. The lowest BCUT2D eigenvalue weighted by molar-refractivity contribution is -0.211. The van der Waals surface area contributed by atoms with Crippen LogP contribution in [0.4, 0.5) is 0 Å². The Kier molecular flexibility index (Phi) is 7.95. The first-order valence-electron chi connectivity index (χ1n) is 9.49. The summed E-state index contributed by atoms with van der Waals surface area (Å²) < 4.78 is 5.72. The third kappa shape index (κ3) is 4.95. The molecule has 2 aliphatic heterocycles. The SMILES string of the molecule is CSC1OC(C(NC(=O)C2CC(C(C)C)CN2C)C(C)O)C(O)C(O)C1O. The zero-order valence-corrected chi connectivity index (χ0v) is 17.5. The fraction of sp³-hybridized carbons (Fsp3) is 0.944.